The molecule has 9 nitrogen and oxygen atoms in total. The first-order valence-electron chi connectivity index (χ1n) is 10.7. The van der Waals surface area contributed by atoms with Gasteiger partial charge in [-0.25, -0.2) is 4.68 Å². The summed E-state index contributed by atoms with van der Waals surface area (Å²) in [5.41, 5.74) is 3.51. The van der Waals surface area contributed by atoms with Gasteiger partial charge in [0, 0.05) is 35.3 Å². The lowest BCUT2D eigenvalue weighted by Gasteiger charge is -2.20. The van der Waals surface area contributed by atoms with Crippen LogP contribution in [0.2, 0.25) is 0 Å². The summed E-state index contributed by atoms with van der Waals surface area (Å²) in [6.45, 7) is 6.45. The van der Waals surface area contributed by atoms with Crippen molar-refractivity contribution in [3.8, 4) is 17.2 Å². The maximum absolute atomic E-state index is 13.1. The highest BCUT2D eigenvalue weighted by atomic mass is 32.2. The molecule has 3 aromatic rings. The lowest BCUT2D eigenvalue weighted by Crippen LogP contribution is -2.17. The Hall–Kier alpha value is -2.85. The Balaban J connectivity index is 1.31. The predicted octanol–water partition coefficient (Wildman–Crippen LogP) is 3.01. The average molecular weight is 456 g/mol. The molecule has 1 fully saturated rings. The minimum atomic E-state index is 0.0403. The van der Waals surface area contributed by atoms with Gasteiger partial charge in [-0.3, -0.25) is 4.79 Å². The third-order valence-electron chi connectivity index (χ3n) is 5.75. The van der Waals surface area contributed by atoms with Crippen molar-refractivity contribution in [1.82, 2.24) is 24.8 Å². The van der Waals surface area contributed by atoms with E-state index in [1.165, 1.54) is 11.8 Å². The number of aryl methyl sites for hydroxylation is 1. The molecule has 1 saturated heterocycles. The normalized spacial score (nSPS) is 17.6. The first kappa shape index (κ1) is 21.0. The summed E-state index contributed by atoms with van der Waals surface area (Å²) in [7, 11) is 0. The number of benzene rings is 1. The molecule has 2 aliphatic heterocycles. The lowest BCUT2D eigenvalue weighted by atomic mass is 10.2. The van der Waals surface area contributed by atoms with Crippen LogP contribution in [-0.2, 0) is 11.3 Å². The van der Waals surface area contributed by atoms with Gasteiger partial charge in [0.15, 0.2) is 17.3 Å². The highest BCUT2D eigenvalue weighted by Crippen LogP contribution is 2.33. The van der Waals surface area contributed by atoms with Crippen molar-refractivity contribution in [2.24, 2.45) is 0 Å². The van der Waals surface area contributed by atoms with Crippen LogP contribution in [0.3, 0.4) is 0 Å². The van der Waals surface area contributed by atoms with Crippen molar-refractivity contribution in [3.63, 3.8) is 0 Å². The van der Waals surface area contributed by atoms with Gasteiger partial charge in [0.05, 0.1) is 18.4 Å². The van der Waals surface area contributed by atoms with Crippen molar-refractivity contribution in [3.05, 3.63) is 41.2 Å². The molecule has 0 bridgehead atoms. The monoisotopic (exact) mass is 455 g/mol. The van der Waals surface area contributed by atoms with E-state index in [1.807, 2.05) is 38.1 Å². The Labute approximate surface area is 190 Å². The van der Waals surface area contributed by atoms with Gasteiger partial charge in [-0.15, -0.1) is 5.10 Å². The van der Waals surface area contributed by atoms with E-state index >= 15 is 0 Å². The summed E-state index contributed by atoms with van der Waals surface area (Å²) < 4.78 is 20.8. The molecule has 0 radical (unpaired) electrons. The number of carbonyl (C=O) groups is 1. The van der Waals surface area contributed by atoms with Crippen molar-refractivity contribution in [2.75, 3.05) is 25.6 Å². The Morgan fingerprint density at radius 1 is 1.16 bits per heavy atom. The molecule has 2 aromatic heterocycles. The topological polar surface area (TPSA) is 93.3 Å². The predicted molar refractivity (Wildman–Crippen MR) is 118 cm³/mol. The standard InChI is InChI=1S/C22H25N5O4S/c1-14-10-18(15(2)27(14)16-5-6-20-21(11-16)31-9-8-30-20)19(28)13-32-22-23-24-25-26(22)12-17-4-3-7-29-17/h5-6,10-11,17H,3-4,7-9,12-13H2,1-2H3. The van der Waals surface area contributed by atoms with Gasteiger partial charge in [-0.1, -0.05) is 11.8 Å². The second-order valence-corrected chi connectivity index (χ2v) is 8.88. The number of hydrogen-bond donors (Lipinski definition) is 0. The van der Waals surface area contributed by atoms with Crippen LogP contribution in [0, 0.1) is 13.8 Å². The maximum atomic E-state index is 13.1. The lowest BCUT2D eigenvalue weighted by molar-refractivity contribution is 0.0912. The number of tetrazole rings is 1. The Bertz CT molecular complexity index is 1140. The summed E-state index contributed by atoms with van der Waals surface area (Å²) in [5.74, 6) is 1.77. The third-order valence-corrected chi connectivity index (χ3v) is 6.70. The zero-order valence-electron chi connectivity index (χ0n) is 18.1. The van der Waals surface area contributed by atoms with Crippen LogP contribution in [0.1, 0.15) is 34.6 Å². The molecule has 5 rings (SSSR count). The van der Waals surface area contributed by atoms with Gasteiger partial charge in [0.2, 0.25) is 5.16 Å². The number of Topliss-reactive ketones (excluding diaryl/α,β-unsaturated/α-hetero) is 1. The molecular weight excluding hydrogens is 430 g/mol. The summed E-state index contributed by atoms with van der Waals surface area (Å²) in [5, 5.41) is 12.6. The van der Waals surface area contributed by atoms with Crippen molar-refractivity contribution >= 4 is 17.5 Å². The smallest absolute Gasteiger partial charge is 0.209 e. The van der Waals surface area contributed by atoms with Crippen LogP contribution in [0.25, 0.3) is 5.69 Å². The molecule has 1 aromatic carbocycles. The van der Waals surface area contributed by atoms with Gasteiger partial charge in [-0.2, -0.15) is 0 Å². The van der Waals surface area contributed by atoms with Crippen LogP contribution in [0.15, 0.2) is 29.4 Å². The number of carbonyl (C=O) groups excluding carboxylic acids is 1. The number of nitrogens with zero attached hydrogens (tertiary/aromatic N) is 5. The van der Waals surface area contributed by atoms with Crippen LogP contribution in [-0.4, -0.2) is 62.2 Å². The highest BCUT2D eigenvalue weighted by molar-refractivity contribution is 7.99. The summed E-state index contributed by atoms with van der Waals surface area (Å²) in [6.07, 6.45) is 2.21. The summed E-state index contributed by atoms with van der Waals surface area (Å²) in [4.78, 5) is 13.1. The first-order valence-corrected chi connectivity index (χ1v) is 11.7. The van der Waals surface area contributed by atoms with E-state index in [2.05, 4.69) is 20.1 Å². The zero-order chi connectivity index (χ0) is 22.1. The minimum absolute atomic E-state index is 0.0403. The third kappa shape index (κ3) is 4.12. The first-order chi connectivity index (χ1) is 15.6. The van der Waals surface area contributed by atoms with E-state index in [9.17, 15) is 4.79 Å². The van der Waals surface area contributed by atoms with Gasteiger partial charge < -0.3 is 18.8 Å². The molecule has 2 aliphatic rings. The van der Waals surface area contributed by atoms with E-state index in [4.69, 9.17) is 14.2 Å². The average Bonchev–Trinajstić information content (AvgIpc) is 3.53. The molecule has 1 unspecified atom stereocenters. The van der Waals surface area contributed by atoms with Crippen LogP contribution in [0.4, 0.5) is 0 Å². The minimum Gasteiger partial charge on any atom is -0.486 e. The Morgan fingerprint density at radius 3 is 2.81 bits per heavy atom. The fraction of sp³-hybridized carbons (Fsp3) is 0.455. The van der Waals surface area contributed by atoms with E-state index in [-0.39, 0.29) is 17.6 Å². The number of rotatable bonds is 7. The molecule has 0 spiro atoms. The maximum Gasteiger partial charge on any atom is 0.209 e. The number of fused-ring (bicyclic) bond motifs is 1. The van der Waals surface area contributed by atoms with Crippen LogP contribution >= 0.6 is 11.8 Å². The highest BCUT2D eigenvalue weighted by Gasteiger charge is 2.22. The van der Waals surface area contributed by atoms with Gasteiger partial charge >= 0.3 is 0 Å². The molecule has 0 amide bonds. The number of hydrogen-bond acceptors (Lipinski definition) is 8. The van der Waals surface area contributed by atoms with Gasteiger partial charge in [0.1, 0.15) is 13.2 Å². The molecule has 0 saturated carbocycles. The van der Waals surface area contributed by atoms with E-state index < -0.39 is 0 Å². The number of ether oxygens (including phenoxy) is 3. The molecular formula is C22H25N5O4S. The van der Waals surface area contributed by atoms with Crippen molar-refractivity contribution < 1.29 is 19.0 Å². The van der Waals surface area contributed by atoms with Crippen LogP contribution < -0.4 is 9.47 Å². The number of thioether (sulfide) groups is 1. The fourth-order valence-corrected chi connectivity index (χ4v) is 4.99. The summed E-state index contributed by atoms with van der Waals surface area (Å²) in [6, 6.07) is 7.78. The molecule has 4 heterocycles. The second-order valence-electron chi connectivity index (χ2n) is 7.94. The molecule has 32 heavy (non-hydrogen) atoms. The second kappa shape index (κ2) is 8.95. The largest absolute Gasteiger partial charge is 0.486 e. The number of aromatic nitrogens is 5. The number of ketones is 1. The van der Waals surface area contributed by atoms with Crippen molar-refractivity contribution in [2.45, 2.75) is 44.5 Å². The van der Waals surface area contributed by atoms with Gasteiger partial charge in [0.25, 0.3) is 0 Å². The molecule has 1 atom stereocenters. The fourth-order valence-electron chi connectivity index (χ4n) is 4.22. The molecule has 0 N–H and O–H groups in total. The SMILES string of the molecule is Cc1cc(C(=O)CSc2nnnn2CC2CCCO2)c(C)n1-c1ccc2c(c1)OCCO2. The van der Waals surface area contributed by atoms with Crippen molar-refractivity contribution in [1.29, 1.82) is 0 Å². The van der Waals surface area contributed by atoms with E-state index in [0.717, 1.165) is 48.0 Å². The Morgan fingerprint density at radius 2 is 2.00 bits per heavy atom. The quantitative estimate of drug-likeness (QED) is 0.397. The molecule has 168 valence electrons. The molecule has 10 heteroatoms. The van der Waals surface area contributed by atoms with Gasteiger partial charge in [-0.05, 0) is 55.3 Å². The van der Waals surface area contributed by atoms with E-state index in [1.54, 1.807) is 4.68 Å². The van der Waals surface area contributed by atoms with E-state index in [0.29, 0.717) is 30.5 Å². The zero-order valence-corrected chi connectivity index (χ0v) is 18.9. The summed E-state index contributed by atoms with van der Waals surface area (Å²) >= 11 is 1.35. The molecule has 0 aliphatic carbocycles. The Kier molecular flexibility index (Phi) is 5.88. The van der Waals surface area contributed by atoms with Crippen LogP contribution in [0.5, 0.6) is 11.5 Å².